The van der Waals surface area contributed by atoms with Gasteiger partial charge < -0.3 is 14.4 Å². The SMILES string of the molecule is CN(CCO)C(=O)c1ccc(CCl)o1. The lowest BCUT2D eigenvalue weighted by molar-refractivity contribution is 0.0734. The molecular weight excluding hydrogens is 206 g/mol. The van der Waals surface area contributed by atoms with Gasteiger partial charge in [-0.2, -0.15) is 0 Å². The summed E-state index contributed by atoms with van der Waals surface area (Å²) in [5, 5.41) is 8.64. The molecule has 0 bridgehead atoms. The molecule has 1 rings (SSSR count). The molecule has 0 aliphatic heterocycles. The molecule has 0 saturated heterocycles. The third-order valence-electron chi connectivity index (χ3n) is 1.79. The van der Waals surface area contributed by atoms with Gasteiger partial charge in [0.05, 0.1) is 12.5 Å². The van der Waals surface area contributed by atoms with E-state index in [4.69, 9.17) is 21.1 Å². The van der Waals surface area contributed by atoms with Gasteiger partial charge in [-0.1, -0.05) is 0 Å². The molecule has 0 aromatic carbocycles. The summed E-state index contributed by atoms with van der Waals surface area (Å²) >= 11 is 5.53. The molecule has 0 aliphatic rings. The van der Waals surface area contributed by atoms with Crippen LogP contribution in [0.1, 0.15) is 16.3 Å². The van der Waals surface area contributed by atoms with Crippen LogP contribution in [0, 0.1) is 0 Å². The van der Waals surface area contributed by atoms with Gasteiger partial charge in [-0.3, -0.25) is 4.79 Å². The fourth-order valence-electron chi connectivity index (χ4n) is 1.00. The van der Waals surface area contributed by atoms with Gasteiger partial charge in [-0.05, 0) is 12.1 Å². The molecule has 0 fully saturated rings. The number of rotatable bonds is 4. The molecule has 1 N–H and O–H groups in total. The number of aliphatic hydroxyl groups excluding tert-OH is 1. The number of carbonyl (C=O) groups is 1. The van der Waals surface area contributed by atoms with E-state index in [1.165, 1.54) is 4.90 Å². The molecule has 1 aromatic heterocycles. The largest absolute Gasteiger partial charge is 0.455 e. The summed E-state index contributed by atoms with van der Waals surface area (Å²) in [5.74, 6) is 0.802. The smallest absolute Gasteiger partial charge is 0.289 e. The highest BCUT2D eigenvalue weighted by atomic mass is 35.5. The number of alkyl halides is 1. The van der Waals surface area contributed by atoms with E-state index in [0.29, 0.717) is 5.76 Å². The highest BCUT2D eigenvalue weighted by Crippen LogP contribution is 2.11. The first-order chi connectivity index (χ1) is 6.69. The lowest BCUT2D eigenvalue weighted by atomic mass is 10.4. The van der Waals surface area contributed by atoms with E-state index < -0.39 is 0 Å². The summed E-state index contributed by atoms with van der Waals surface area (Å²) in [7, 11) is 1.60. The second-order valence-corrected chi connectivity index (χ2v) is 3.12. The first-order valence-electron chi connectivity index (χ1n) is 4.20. The number of aliphatic hydroxyl groups is 1. The van der Waals surface area contributed by atoms with Crippen molar-refractivity contribution in [1.82, 2.24) is 4.90 Å². The molecule has 0 spiro atoms. The molecule has 4 nitrogen and oxygen atoms in total. The predicted molar refractivity (Wildman–Crippen MR) is 52.3 cm³/mol. The van der Waals surface area contributed by atoms with Crippen LogP contribution in [0.5, 0.6) is 0 Å². The normalized spacial score (nSPS) is 10.2. The average molecular weight is 218 g/mol. The van der Waals surface area contributed by atoms with Crippen molar-refractivity contribution in [2.24, 2.45) is 0 Å². The number of likely N-dealkylation sites (N-methyl/N-ethyl adjacent to an activating group) is 1. The van der Waals surface area contributed by atoms with Gasteiger partial charge in [0.15, 0.2) is 5.76 Å². The summed E-state index contributed by atoms with van der Waals surface area (Å²) < 4.78 is 5.16. The second kappa shape index (κ2) is 5.02. The van der Waals surface area contributed by atoms with Gasteiger partial charge in [0.2, 0.25) is 0 Å². The van der Waals surface area contributed by atoms with Crippen LogP contribution < -0.4 is 0 Å². The van der Waals surface area contributed by atoms with Crippen LogP contribution in [-0.4, -0.2) is 36.1 Å². The van der Waals surface area contributed by atoms with Crippen molar-refractivity contribution in [2.75, 3.05) is 20.2 Å². The van der Waals surface area contributed by atoms with Crippen molar-refractivity contribution in [3.05, 3.63) is 23.7 Å². The van der Waals surface area contributed by atoms with Gasteiger partial charge in [0.1, 0.15) is 5.76 Å². The maximum atomic E-state index is 11.5. The number of hydrogen-bond donors (Lipinski definition) is 1. The van der Waals surface area contributed by atoms with E-state index in [-0.39, 0.29) is 30.7 Å². The number of hydrogen-bond acceptors (Lipinski definition) is 3. The highest BCUT2D eigenvalue weighted by Gasteiger charge is 2.14. The van der Waals surface area contributed by atoms with Crippen LogP contribution in [0.4, 0.5) is 0 Å². The summed E-state index contributed by atoms with van der Waals surface area (Å²) in [6, 6.07) is 3.24. The van der Waals surface area contributed by atoms with E-state index in [0.717, 1.165) is 0 Å². The molecule has 0 radical (unpaired) electrons. The number of nitrogens with zero attached hydrogens (tertiary/aromatic N) is 1. The van der Waals surface area contributed by atoms with Gasteiger partial charge >= 0.3 is 0 Å². The van der Waals surface area contributed by atoms with E-state index in [1.807, 2.05) is 0 Å². The highest BCUT2D eigenvalue weighted by molar-refractivity contribution is 6.16. The topological polar surface area (TPSA) is 53.7 Å². The number of amides is 1. The Morgan fingerprint density at radius 2 is 2.36 bits per heavy atom. The van der Waals surface area contributed by atoms with Crippen molar-refractivity contribution < 1.29 is 14.3 Å². The van der Waals surface area contributed by atoms with Gasteiger partial charge in [-0.15, -0.1) is 11.6 Å². The number of carbonyl (C=O) groups excluding carboxylic acids is 1. The summed E-state index contributed by atoms with van der Waals surface area (Å²) in [6.07, 6.45) is 0. The average Bonchev–Trinajstić information content (AvgIpc) is 2.65. The van der Waals surface area contributed by atoms with Gasteiger partial charge in [0.25, 0.3) is 5.91 Å². The zero-order valence-corrected chi connectivity index (χ0v) is 8.62. The second-order valence-electron chi connectivity index (χ2n) is 2.85. The molecule has 1 heterocycles. The predicted octanol–water partition coefficient (Wildman–Crippen LogP) is 1.08. The fourth-order valence-corrected chi connectivity index (χ4v) is 1.15. The van der Waals surface area contributed by atoms with Gasteiger partial charge in [-0.25, -0.2) is 0 Å². The Balaban J connectivity index is 2.68. The zero-order valence-electron chi connectivity index (χ0n) is 7.86. The lowest BCUT2D eigenvalue weighted by Gasteiger charge is -2.13. The first-order valence-corrected chi connectivity index (χ1v) is 4.73. The third-order valence-corrected chi connectivity index (χ3v) is 2.05. The van der Waals surface area contributed by atoms with Crippen molar-refractivity contribution in [3.63, 3.8) is 0 Å². The Morgan fingerprint density at radius 3 is 2.86 bits per heavy atom. The molecule has 1 aromatic rings. The minimum absolute atomic E-state index is 0.0642. The molecule has 78 valence electrons. The van der Waals surface area contributed by atoms with E-state index in [2.05, 4.69) is 0 Å². The molecule has 0 atom stereocenters. The fraction of sp³-hybridized carbons (Fsp3) is 0.444. The monoisotopic (exact) mass is 217 g/mol. The van der Waals surface area contributed by atoms with Crippen LogP contribution in [0.25, 0.3) is 0 Å². The summed E-state index contributed by atoms with van der Waals surface area (Å²) in [5.41, 5.74) is 0. The lowest BCUT2D eigenvalue weighted by Crippen LogP contribution is -2.29. The van der Waals surface area contributed by atoms with Crippen molar-refractivity contribution in [2.45, 2.75) is 5.88 Å². The van der Waals surface area contributed by atoms with E-state index in [1.54, 1.807) is 19.2 Å². The summed E-state index contributed by atoms with van der Waals surface area (Å²) in [6.45, 7) is 0.223. The van der Waals surface area contributed by atoms with Crippen LogP contribution in [0.15, 0.2) is 16.5 Å². The maximum absolute atomic E-state index is 11.5. The van der Waals surface area contributed by atoms with E-state index >= 15 is 0 Å². The Bertz CT molecular complexity index is 311. The Kier molecular flexibility index (Phi) is 3.98. The van der Waals surface area contributed by atoms with Crippen LogP contribution in [0.3, 0.4) is 0 Å². The molecule has 0 aliphatic carbocycles. The third kappa shape index (κ3) is 2.49. The van der Waals surface area contributed by atoms with Crippen LogP contribution >= 0.6 is 11.6 Å². The molecule has 1 amide bonds. The number of furan rings is 1. The van der Waals surface area contributed by atoms with Crippen LogP contribution in [-0.2, 0) is 5.88 Å². The standard InChI is InChI=1S/C9H12ClNO3/c1-11(4-5-12)9(13)8-3-2-7(6-10)14-8/h2-3,12H,4-6H2,1H3. The Morgan fingerprint density at radius 1 is 1.64 bits per heavy atom. The van der Waals surface area contributed by atoms with Crippen molar-refractivity contribution >= 4 is 17.5 Å². The zero-order chi connectivity index (χ0) is 10.6. The van der Waals surface area contributed by atoms with Crippen LogP contribution in [0.2, 0.25) is 0 Å². The van der Waals surface area contributed by atoms with Crippen molar-refractivity contribution in [3.8, 4) is 0 Å². The first kappa shape index (κ1) is 11.1. The van der Waals surface area contributed by atoms with Gasteiger partial charge in [0, 0.05) is 13.6 Å². The Hall–Kier alpha value is -1.00. The molecule has 5 heteroatoms. The van der Waals surface area contributed by atoms with E-state index in [9.17, 15) is 4.79 Å². The minimum atomic E-state index is -0.254. The minimum Gasteiger partial charge on any atom is -0.455 e. The number of halogens is 1. The maximum Gasteiger partial charge on any atom is 0.289 e. The Labute approximate surface area is 87.1 Å². The molecule has 0 unspecified atom stereocenters. The molecule has 0 saturated carbocycles. The quantitative estimate of drug-likeness (QED) is 0.768. The summed E-state index contributed by atoms with van der Waals surface area (Å²) in [4.78, 5) is 12.9. The molecular formula is C9H12ClNO3. The van der Waals surface area contributed by atoms with Crippen molar-refractivity contribution in [1.29, 1.82) is 0 Å². The molecule has 14 heavy (non-hydrogen) atoms.